The molecule has 0 aromatic carbocycles. The Labute approximate surface area is 481 Å². The first-order chi connectivity index (χ1) is 38.5. The normalized spacial score (nSPS) is 13.0. The van der Waals surface area contributed by atoms with Crippen LogP contribution in [0, 0.1) is 0 Å². The Kier molecular flexibility index (Phi) is 61.4. The number of carbonyl (C=O) groups is 3. The van der Waals surface area contributed by atoms with Gasteiger partial charge in [0.25, 0.3) is 0 Å². The lowest BCUT2D eigenvalue weighted by atomic mass is 10.0. The van der Waals surface area contributed by atoms with Crippen molar-refractivity contribution in [2.45, 2.75) is 290 Å². The van der Waals surface area contributed by atoms with Crippen molar-refractivity contribution < 1.29 is 28.6 Å². The highest BCUT2D eigenvalue weighted by Gasteiger charge is 2.19. The molecular formula is C72H118O6. The van der Waals surface area contributed by atoms with Crippen LogP contribution in [0.5, 0.6) is 0 Å². The molecule has 0 aromatic rings. The number of carbonyl (C=O) groups excluding carboxylic acids is 3. The summed E-state index contributed by atoms with van der Waals surface area (Å²) in [4.78, 5) is 38.4. The smallest absolute Gasteiger partial charge is 0.306 e. The van der Waals surface area contributed by atoms with Gasteiger partial charge in [-0.2, -0.15) is 0 Å². The van der Waals surface area contributed by atoms with Gasteiger partial charge in [0.15, 0.2) is 6.10 Å². The van der Waals surface area contributed by atoms with E-state index >= 15 is 0 Å². The Morgan fingerprint density at radius 3 is 0.808 bits per heavy atom. The molecular weight excluding hydrogens is 961 g/mol. The summed E-state index contributed by atoms with van der Waals surface area (Å²) < 4.78 is 16.9. The average molecular weight is 1080 g/mol. The van der Waals surface area contributed by atoms with E-state index in [2.05, 4.69) is 154 Å². The fraction of sp³-hybridized carbons (Fsp3) is 0.653. The van der Waals surface area contributed by atoms with Gasteiger partial charge in [-0.1, -0.05) is 283 Å². The molecule has 0 saturated carbocycles. The molecule has 0 N–H and O–H groups in total. The lowest BCUT2D eigenvalue weighted by Gasteiger charge is -2.18. The number of hydrogen-bond donors (Lipinski definition) is 0. The molecule has 0 saturated heterocycles. The summed E-state index contributed by atoms with van der Waals surface area (Å²) >= 11 is 0. The summed E-state index contributed by atoms with van der Waals surface area (Å²) in [5.74, 6) is -0.951. The monoisotopic (exact) mass is 1080 g/mol. The van der Waals surface area contributed by atoms with Crippen molar-refractivity contribution in [3.05, 3.63) is 134 Å². The topological polar surface area (TPSA) is 78.9 Å². The second-order valence-corrected chi connectivity index (χ2v) is 20.9. The molecule has 0 aromatic heterocycles. The number of unbranched alkanes of at least 4 members (excludes halogenated alkanes) is 24. The van der Waals surface area contributed by atoms with E-state index in [1.54, 1.807) is 0 Å². The maximum atomic E-state index is 12.9. The molecule has 0 bridgehead atoms. The van der Waals surface area contributed by atoms with E-state index in [0.29, 0.717) is 19.3 Å². The van der Waals surface area contributed by atoms with E-state index in [-0.39, 0.29) is 37.5 Å². The van der Waals surface area contributed by atoms with Gasteiger partial charge in [-0.15, -0.1) is 0 Å². The Bertz CT molecular complexity index is 1670. The molecule has 0 radical (unpaired) electrons. The Balaban J connectivity index is 4.49. The summed E-state index contributed by atoms with van der Waals surface area (Å²) in [5, 5.41) is 0. The van der Waals surface area contributed by atoms with Gasteiger partial charge in [0.1, 0.15) is 13.2 Å². The largest absolute Gasteiger partial charge is 0.462 e. The number of rotatable bonds is 57. The van der Waals surface area contributed by atoms with Crippen LogP contribution in [0.4, 0.5) is 0 Å². The highest BCUT2D eigenvalue weighted by atomic mass is 16.6. The third-order valence-corrected chi connectivity index (χ3v) is 13.4. The standard InChI is InChI=1S/C72H118O6/c1-4-7-10-13-16-19-22-25-28-31-33-35-36-38-39-41-44-47-50-53-56-59-62-65-71(74)77-68-69(67-76-70(73)64-61-58-55-52-49-46-43-30-27-24-21-18-15-12-9-6-3)78-72(75)66-63-60-57-54-51-48-45-42-40-37-34-32-29-26-23-20-17-14-11-8-5-2/h7-8,10-11,16-17,19-20,25-26,28-29,33-35,37-39,42,45,51,54,69H,4-6,9,12-15,18,21-24,27,30-32,36,40-41,43-44,46-50,52-53,55-68H2,1-3H3/b10-7-,11-8-,19-16-,20-17-,28-25-,29-26-,35-33-,37-34-,39-38-,45-42-,54-51-. The van der Waals surface area contributed by atoms with Gasteiger partial charge in [0.05, 0.1) is 0 Å². The van der Waals surface area contributed by atoms with Crippen molar-refractivity contribution >= 4 is 17.9 Å². The molecule has 0 aliphatic heterocycles. The second-order valence-electron chi connectivity index (χ2n) is 20.9. The summed E-state index contributed by atoms with van der Waals surface area (Å²) in [7, 11) is 0. The fourth-order valence-electron chi connectivity index (χ4n) is 8.65. The molecule has 0 fully saturated rings. The van der Waals surface area contributed by atoms with Crippen LogP contribution in [0.25, 0.3) is 0 Å². The van der Waals surface area contributed by atoms with Crippen molar-refractivity contribution in [2.75, 3.05) is 13.2 Å². The minimum atomic E-state index is -0.811. The van der Waals surface area contributed by atoms with Gasteiger partial charge in [0.2, 0.25) is 0 Å². The van der Waals surface area contributed by atoms with Crippen LogP contribution >= 0.6 is 0 Å². The van der Waals surface area contributed by atoms with Gasteiger partial charge in [-0.3, -0.25) is 14.4 Å². The zero-order valence-corrected chi connectivity index (χ0v) is 50.6. The zero-order chi connectivity index (χ0) is 56.4. The summed E-state index contributed by atoms with van der Waals surface area (Å²) in [6, 6.07) is 0. The van der Waals surface area contributed by atoms with E-state index < -0.39 is 6.10 Å². The Morgan fingerprint density at radius 1 is 0.269 bits per heavy atom. The molecule has 0 rings (SSSR count). The highest BCUT2D eigenvalue weighted by Crippen LogP contribution is 2.16. The van der Waals surface area contributed by atoms with Crippen LogP contribution in [0.3, 0.4) is 0 Å². The van der Waals surface area contributed by atoms with E-state index in [0.717, 1.165) is 128 Å². The predicted molar refractivity (Wildman–Crippen MR) is 339 cm³/mol. The summed E-state index contributed by atoms with van der Waals surface area (Å²) in [6.45, 7) is 6.39. The lowest BCUT2D eigenvalue weighted by Crippen LogP contribution is -2.30. The first kappa shape index (κ1) is 73.5. The van der Waals surface area contributed by atoms with Crippen molar-refractivity contribution in [1.82, 2.24) is 0 Å². The van der Waals surface area contributed by atoms with Crippen LogP contribution in [-0.4, -0.2) is 37.2 Å². The molecule has 1 atom stereocenters. The minimum Gasteiger partial charge on any atom is -0.462 e. The average Bonchev–Trinajstić information content (AvgIpc) is 3.44. The minimum absolute atomic E-state index is 0.101. The quantitative estimate of drug-likeness (QED) is 0.0261. The van der Waals surface area contributed by atoms with Crippen LogP contribution in [-0.2, 0) is 28.6 Å². The molecule has 0 aliphatic carbocycles. The van der Waals surface area contributed by atoms with Crippen LogP contribution in [0.2, 0.25) is 0 Å². The molecule has 6 nitrogen and oxygen atoms in total. The van der Waals surface area contributed by atoms with E-state index in [4.69, 9.17) is 14.2 Å². The van der Waals surface area contributed by atoms with Gasteiger partial charge < -0.3 is 14.2 Å². The SMILES string of the molecule is CC/C=C\C/C=C\C/C=C\C/C=C\C/C=C\C/C=C\CCCCC(=O)OC(COC(=O)CCCCCCCCC/C=C\C/C=C\C/C=C\C/C=C\C/C=C\CC)COC(=O)CCCCCCCCCCCCCCCCCC. The molecule has 442 valence electrons. The zero-order valence-electron chi connectivity index (χ0n) is 50.6. The summed E-state index contributed by atoms with van der Waals surface area (Å²) in [5.41, 5.74) is 0. The molecule has 0 aliphatic rings. The van der Waals surface area contributed by atoms with Gasteiger partial charge in [0, 0.05) is 19.3 Å². The van der Waals surface area contributed by atoms with Gasteiger partial charge >= 0.3 is 17.9 Å². The van der Waals surface area contributed by atoms with E-state index in [1.807, 2.05) is 0 Å². The first-order valence-electron chi connectivity index (χ1n) is 32.2. The first-order valence-corrected chi connectivity index (χ1v) is 32.2. The molecule has 6 heteroatoms. The summed E-state index contributed by atoms with van der Waals surface area (Å²) in [6.07, 6.45) is 91.6. The maximum Gasteiger partial charge on any atom is 0.306 e. The number of ether oxygens (including phenoxy) is 3. The third kappa shape index (κ3) is 62.4. The Hall–Kier alpha value is -4.45. The van der Waals surface area contributed by atoms with Gasteiger partial charge in [-0.25, -0.2) is 0 Å². The molecule has 0 amide bonds. The van der Waals surface area contributed by atoms with Crippen molar-refractivity contribution in [2.24, 2.45) is 0 Å². The lowest BCUT2D eigenvalue weighted by molar-refractivity contribution is -0.167. The van der Waals surface area contributed by atoms with Crippen LogP contribution in [0.15, 0.2) is 134 Å². The van der Waals surface area contributed by atoms with Crippen molar-refractivity contribution in [1.29, 1.82) is 0 Å². The predicted octanol–water partition coefficient (Wildman–Crippen LogP) is 22.2. The third-order valence-electron chi connectivity index (χ3n) is 13.4. The van der Waals surface area contributed by atoms with Crippen molar-refractivity contribution in [3.63, 3.8) is 0 Å². The van der Waals surface area contributed by atoms with Crippen LogP contribution in [0.1, 0.15) is 284 Å². The second kappa shape index (κ2) is 65.1. The maximum absolute atomic E-state index is 12.9. The van der Waals surface area contributed by atoms with Crippen molar-refractivity contribution in [3.8, 4) is 0 Å². The number of allylic oxidation sites excluding steroid dienone is 22. The van der Waals surface area contributed by atoms with E-state index in [9.17, 15) is 14.4 Å². The number of hydrogen-bond acceptors (Lipinski definition) is 6. The molecule has 1 unspecified atom stereocenters. The Morgan fingerprint density at radius 2 is 0.500 bits per heavy atom. The van der Waals surface area contributed by atoms with Gasteiger partial charge in [-0.05, 0) is 116 Å². The fourth-order valence-corrected chi connectivity index (χ4v) is 8.65. The van der Waals surface area contributed by atoms with Crippen LogP contribution < -0.4 is 0 Å². The molecule has 0 spiro atoms. The van der Waals surface area contributed by atoms with E-state index in [1.165, 1.54) is 109 Å². The molecule has 78 heavy (non-hydrogen) atoms. The number of esters is 3. The molecule has 0 heterocycles. The highest BCUT2D eigenvalue weighted by molar-refractivity contribution is 5.71.